The molecule has 0 aliphatic carbocycles. The van der Waals surface area contributed by atoms with Crippen molar-refractivity contribution in [3.05, 3.63) is 112 Å². The van der Waals surface area contributed by atoms with E-state index < -0.39 is 5.79 Å². The van der Waals surface area contributed by atoms with Gasteiger partial charge in [0.1, 0.15) is 44.0 Å². The number of benzene rings is 3. The molecule has 0 radical (unpaired) electrons. The van der Waals surface area contributed by atoms with Crippen LogP contribution in [-0.4, -0.2) is 61.5 Å². The first-order valence-electron chi connectivity index (χ1n) is 15.4. The number of halogens is 2. The molecule has 5 aromatic rings. The Balaban J connectivity index is 0.967. The zero-order chi connectivity index (χ0) is 32.8. The molecule has 0 bridgehead atoms. The van der Waals surface area contributed by atoms with Crippen LogP contribution in [0.4, 0.5) is 11.4 Å². The summed E-state index contributed by atoms with van der Waals surface area (Å²) in [7, 11) is 0. The van der Waals surface area contributed by atoms with E-state index in [-0.39, 0.29) is 31.0 Å². The molecule has 0 amide bonds. The maximum Gasteiger partial charge on any atom is 0.350 e. The fourth-order valence-corrected chi connectivity index (χ4v) is 5.82. The molecule has 1 fully saturated rings. The molecule has 3 heterocycles. The van der Waals surface area contributed by atoms with Gasteiger partial charge in [-0.3, -0.25) is 0 Å². The van der Waals surface area contributed by atoms with Crippen LogP contribution in [0, 0.1) is 0 Å². The molecule has 2 N–H and O–H groups in total. The zero-order valence-electron chi connectivity index (χ0n) is 26.1. The van der Waals surface area contributed by atoms with Crippen molar-refractivity contribution in [2.24, 2.45) is 0 Å². The van der Waals surface area contributed by atoms with Crippen molar-refractivity contribution in [1.82, 2.24) is 29.1 Å². The molecule has 3 aromatic carbocycles. The maximum atomic E-state index is 12.7. The Morgan fingerprint density at radius 3 is 2.38 bits per heavy atom. The minimum atomic E-state index is -1.16. The van der Waals surface area contributed by atoms with Gasteiger partial charge in [-0.25, -0.2) is 23.7 Å². The summed E-state index contributed by atoms with van der Waals surface area (Å²) in [5.41, 5.74) is 3.23. The van der Waals surface area contributed by atoms with Gasteiger partial charge in [-0.15, -0.1) is 0 Å². The molecule has 2 aromatic heterocycles. The Hall–Kier alpha value is -4.36. The number of rotatable bonds is 14. The second-order valence-corrected chi connectivity index (χ2v) is 12.1. The molecular formula is C33H36Cl2N8O4. The Morgan fingerprint density at radius 1 is 1.00 bits per heavy atom. The fourth-order valence-electron chi connectivity index (χ4n) is 5.26. The summed E-state index contributed by atoms with van der Waals surface area (Å²) in [6, 6.07) is 20.8. The third-order valence-corrected chi connectivity index (χ3v) is 8.51. The summed E-state index contributed by atoms with van der Waals surface area (Å²) in [5.74, 6) is -0.450. The highest BCUT2D eigenvalue weighted by Gasteiger charge is 2.45. The summed E-state index contributed by atoms with van der Waals surface area (Å²) in [5, 5.41) is 16.2. The number of anilines is 2. The topological polar surface area (TPSA) is 122 Å². The van der Waals surface area contributed by atoms with E-state index in [9.17, 15) is 4.79 Å². The van der Waals surface area contributed by atoms with Crippen molar-refractivity contribution in [2.75, 3.05) is 36.9 Å². The molecule has 6 rings (SSSR count). The van der Waals surface area contributed by atoms with Gasteiger partial charge in [-0.2, -0.15) is 10.2 Å². The van der Waals surface area contributed by atoms with Crippen molar-refractivity contribution < 1.29 is 14.2 Å². The van der Waals surface area contributed by atoms with Gasteiger partial charge in [0.25, 0.3) is 0 Å². The molecule has 246 valence electrons. The quantitative estimate of drug-likeness (QED) is 0.141. The fraction of sp³-hybridized carbons (Fsp3) is 0.333. The van der Waals surface area contributed by atoms with Gasteiger partial charge in [0, 0.05) is 35.1 Å². The maximum absolute atomic E-state index is 12.7. The van der Waals surface area contributed by atoms with Crippen molar-refractivity contribution in [2.45, 2.75) is 44.7 Å². The summed E-state index contributed by atoms with van der Waals surface area (Å²) >= 11 is 12.7. The van der Waals surface area contributed by atoms with E-state index in [0.29, 0.717) is 41.1 Å². The molecule has 47 heavy (non-hydrogen) atoms. The average Bonchev–Trinajstić information content (AvgIpc) is 3.84. The second kappa shape index (κ2) is 14.6. The van der Waals surface area contributed by atoms with Crippen LogP contribution >= 0.6 is 23.2 Å². The van der Waals surface area contributed by atoms with E-state index in [1.807, 2.05) is 62.4 Å². The number of nitrogens with one attached hydrogen (secondary N) is 2. The minimum Gasteiger partial charge on any atom is -0.491 e. The van der Waals surface area contributed by atoms with E-state index in [4.69, 9.17) is 37.4 Å². The van der Waals surface area contributed by atoms with Crippen molar-refractivity contribution in [3.8, 4) is 11.4 Å². The van der Waals surface area contributed by atoms with Gasteiger partial charge in [0.15, 0.2) is 0 Å². The predicted molar refractivity (Wildman–Crippen MR) is 181 cm³/mol. The Bertz CT molecular complexity index is 1810. The lowest BCUT2D eigenvalue weighted by Gasteiger charge is -2.29. The smallest absolute Gasteiger partial charge is 0.350 e. The third kappa shape index (κ3) is 7.62. The highest BCUT2D eigenvalue weighted by molar-refractivity contribution is 6.35. The minimum absolute atomic E-state index is 0.0579. The number of hydrogen-bond acceptors (Lipinski definition) is 9. The molecule has 3 atom stereocenters. The van der Waals surface area contributed by atoms with Crippen LogP contribution < -0.4 is 21.1 Å². The van der Waals surface area contributed by atoms with Gasteiger partial charge >= 0.3 is 5.69 Å². The van der Waals surface area contributed by atoms with Crippen LogP contribution in [0.2, 0.25) is 10.0 Å². The number of hydrogen-bond donors (Lipinski definition) is 2. The lowest BCUT2D eigenvalue weighted by molar-refractivity contribution is -0.190. The van der Waals surface area contributed by atoms with Gasteiger partial charge in [-0.05, 0) is 74.0 Å². The zero-order valence-corrected chi connectivity index (χ0v) is 27.6. The first-order valence-corrected chi connectivity index (χ1v) is 16.2. The molecule has 0 spiro atoms. The molecule has 1 unspecified atom stereocenters. The summed E-state index contributed by atoms with van der Waals surface area (Å²) in [6.45, 7) is 6.29. The first-order chi connectivity index (χ1) is 22.8. The Labute approximate surface area is 282 Å². The lowest BCUT2D eigenvalue weighted by atomic mass is 10.1. The lowest BCUT2D eigenvalue weighted by Crippen LogP contribution is -2.35. The third-order valence-electron chi connectivity index (χ3n) is 7.96. The van der Waals surface area contributed by atoms with E-state index >= 15 is 0 Å². The molecular weight excluding hydrogens is 643 g/mol. The van der Waals surface area contributed by atoms with Crippen LogP contribution in [0.1, 0.15) is 31.9 Å². The van der Waals surface area contributed by atoms with Gasteiger partial charge in [-0.1, -0.05) is 36.2 Å². The summed E-state index contributed by atoms with van der Waals surface area (Å²) < 4.78 is 23.4. The summed E-state index contributed by atoms with van der Waals surface area (Å²) in [4.78, 5) is 16.7. The average molecular weight is 680 g/mol. The molecule has 12 nitrogen and oxygen atoms in total. The van der Waals surface area contributed by atoms with E-state index in [1.165, 1.54) is 11.0 Å². The second-order valence-electron chi connectivity index (χ2n) is 11.2. The van der Waals surface area contributed by atoms with E-state index in [0.717, 1.165) is 23.5 Å². The van der Waals surface area contributed by atoms with E-state index in [2.05, 4.69) is 25.8 Å². The van der Waals surface area contributed by atoms with Gasteiger partial charge in [0.05, 0.1) is 23.4 Å². The normalized spacial score (nSPS) is 18.3. The SMILES string of the molecule is CCC(C)n1ncn(-c2ccc(NCCNc3ccc(OC[C@@H]4CO[C@](Cn5cncn5)(c5ccc(Cl)cc5Cl)O4)cc3)cc2)c1=O. The van der Waals surface area contributed by atoms with Crippen molar-refractivity contribution in [1.29, 1.82) is 0 Å². The Kier molecular flexibility index (Phi) is 10.1. The van der Waals surface area contributed by atoms with Crippen molar-refractivity contribution in [3.63, 3.8) is 0 Å². The van der Waals surface area contributed by atoms with Crippen LogP contribution in [0.5, 0.6) is 5.75 Å². The molecule has 1 saturated heterocycles. The number of ether oxygens (including phenoxy) is 3. The van der Waals surface area contributed by atoms with Crippen LogP contribution in [0.15, 0.2) is 90.5 Å². The standard InChI is InChI=1S/C33H36Cl2N8O4/c1-3-23(2)43-32(44)42(22-40-43)27-9-5-25(6-10-27)37-14-15-38-26-7-11-28(12-8-26)45-17-29-18-46-33(47-29,19-41-21-36-20-39-41)30-13-4-24(34)16-31(30)35/h4-13,16,20-23,29,37-38H,3,14-15,17-19H2,1-2H3/t23?,29-,33+/m1/s1. The van der Waals surface area contributed by atoms with E-state index in [1.54, 1.807) is 40.1 Å². The monoisotopic (exact) mass is 678 g/mol. The highest BCUT2D eigenvalue weighted by Crippen LogP contribution is 2.40. The highest BCUT2D eigenvalue weighted by atomic mass is 35.5. The summed E-state index contributed by atoms with van der Waals surface area (Å²) in [6.07, 6.45) is 5.12. The van der Waals surface area contributed by atoms with Gasteiger partial charge < -0.3 is 24.8 Å². The number of aromatic nitrogens is 6. The Morgan fingerprint density at radius 2 is 1.72 bits per heavy atom. The first kappa shape index (κ1) is 32.6. The van der Waals surface area contributed by atoms with Gasteiger partial charge in [0.2, 0.25) is 5.79 Å². The molecule has 0 saturated carbocycles. The number of nitrogens with zero attached hydrogens (tertiary/aromatic N) is 6. The predicted octanol–water partition coefficient (Wildman–Crippen LogP) is 5.77. The van der Waals surface area contributed by atoms with Crippen LogP contribution in [0.25, 0.3) is 5.69 Å². The molecule has 1 aliphatic rings. The van der Waals surface area contributed by atoms with Crippen LogP contribution in [0.3, 0.4) is 0 Å². The molecule has 1 aliphatic heterocycles. The van der Waals surface area contributed by atoms with Crippen LogP contribution in [-0.2, 0) is 21.8 Å². The van der Waals surface area contributed by atoms with Crippen molar-refractivity contribution >= 4 is 34.6 Å². The molecule has 14 heteroatoms. The largest absolute Gasteiger partial charge is 0.491 e.